The average molecular weight is 380 g/mol. The summed E-state index contributed by atoms with van der Waals surface area (Å²) in [5.74, 6) is 0. The molecule has 0 radical (unpaired) electrons. The Bertz CT molecular complexity index is 752. The highest BCUT2D eigenvalue weighted by atomic mass is 16.6. The summed E-state index contributed by atoms with van der Waals surface area (Å²) >= 11 is 0. The maximum absolute atomic E-state index is 12.5. The van der Waals surface area contributed by atoms with E-state index in [0.29, 0.717) is 0 Å². The molecular formula is C16H20N4O7. The van der Waals surface area contributed by atoms with E-state index in [1.54, 1.807) is 26.8 Å². The Morgan fingerprint density at radius 2 is 1.74 bits per heavy atom. The molecule has 0 fully saturated rings. The molecule has 1 heterocycles. The normalized spacial score (nSPS) is 16.0. The first-order chi connectivity index (χ1) is 13.0. The van der Waals surface area contributed by atoms with Crippen LogP contribution in [-0.2, 0) is 14.2 Å². The van der Waals surface area contributed by atoms with E-state index in [9.17, 15) is 19.7 Å². The molecule has 27 heavy (non-hydrogen) atoms. The number of amides is 2. The van der Waals surface area contributed by atoms with Gasteiger partial charge in [-0.25, -0.2) is 14.5 Å². The summed E-state index contributed by atoms with van der Waals surface area (Å²) in [7, 11) is 0. The van der Waals surface area contributed by atoms with Gasteiger partial charge in [0.1, 0.15) is 0 Å². The largest absolute Gasteiger partial charge is 0.464 e. The molecule has 0 bridgehead atoms. The first-order valence-corrected chi connectivity index (χ1v) is 8.32. The molecule has 1 unspecified atom stereocenters. The van der Waals surface area contributed by atoms with E-state index in [4.69, 9.17) is 14.2 Å². The molecule has 1 atom stereocenters. The quantitative estimate of drug-likeness (QED) is 0.568. The van der Waals surface area contributed by atoms with Gasteiger partial charge in [0.05, 0.1) is 30.3 Å². The van der Waals surface area contributed by atoms with Gasteiger partial charge in [-0.2, -0.15) is 5.01 Å². The average Bonchev–Trinajstić information content (AvgIpc) is 3.01. The predicted molar refractivity (Wildman–Crippen MR) is 92.6 cm³/mol. The number of hydrogen-bond acceptors (Lipinski definition) is 8. The number of rotatable bonds is 5. The van der Waals surface area contributed by atoms with Crippen LogP contribution in [0.15, 0.2) is 29.4 Å². The van der Waals surface area contributed by atoms with Crippen molar-refractivity contribution < 1.29 is 28.7 Å². The van der Waals surface area contributed by atoms with Crippen molar-refractivity contribution >= 4 is 23.9 Å². The molecule has 1 aliphatic rings. The van der Waals surface area contributed by atoms with E-state index >= 15 is 0 Å². The van der Waals surface area contributed by atoms with Crippen LogP contribution in [0.2, 0.25) is 0 Å². The van der Waals surface area contributed by atoms with Gasteiger partial charge < -0.3 is 14.2 Å². The molecule has 11 heteroatoms. The number of amidine groups is 1. The van der Waals surface area contributed by atoms with E-state index in [0.717, 1.165) is 9.91 Å². The number of benzene rings is 1. The van der Waals surface area contributed by atoms with Crippen LogP contribution < -0.4 is 0 Å². The monoisotopic (exact) mass is 380 g/mol. The second kappa shape index (κ2) is 8.83. The van der Waals surface area contributed by atoms with E-state index < -0.39 is 23.3 Å². The zero-order chi connectivity index (χ0) is 20.0. The summed E-state index contributed by atoms with van der Waals surface area (Å²) in [5.41, 5.74) is -0.235. The second-order valence-corrected chi connectivity index (χ2v) is 5.12. The molecule has 2 rings (SSSR count). The molecule has 1 aromatic carbocycles. The first kappa shape index (κ1) is 19.9. The summed E-state index contributed by atoms with van der Waals surface area (Å²) in [6.45, 7) is 5.13. The molecule has 11 nitrogen and oxygen atoms in total. The number of hydrogen-bond donors (Lipinski definition) is 0. The van der Waals surface area contributed by atoms with Crippen molar-refractivity contribution in [1.82, 2.24) is 9.91 Å². The summed E-state index contributed by atoms with van der Waals surface area (Å²) in [5, 5.41) is 16.3. The highest BCUT2D eigenvalue weighted by Gasteiger charge is 2.47. The minimum Gasteiger partial charge on any atom is -0.464 e. The Kier molecular flexibility index (Phi) is 6.52. The molecule has 0 N–H and O–H groups in total. The van der Waals surface area contributed by atoms with E-state index in [-0.39, 0.29) is 37.1 Å². The minimum atomic E-state index is -1.29. The molecular weight excluding hydrogens is 360 g/mol. The zero-order valence-electron chi connectivity index (χ0n) is 15.2. The second-order valence-electron chi connectivity index (χ2n) is 5.12. The van der Waals surface area contributed by atoms with Crippen LogP contribution in [0, 0.1) is 10.1 Å². The minimum absolute atomic E-state index is 0.0533. The van der Waals surface area contributed by atoms with Gasteiger partial charge in [0.15, 0.2) is 6.17 Å². The van der Waals surface area contributed by atoms with Crippen molar-refractivity contribution in [3.63, 3.8) is 0 Å². The fourth-order valence-corrected chi connectivity index (χ4v) is 2.48. The third-order valence-electron chi connectivity index (χ3n) is 3.48. The van der Waals surface area contributed by atoms with Gasteiger partial charge in [0.2, 0.25) is 0 Å². The Morgan fingerprint density at radius 1 is 1.11 bits per heavy atom. The number of nitro benzene ring substituents is 1. The molecule has 0 aliphatic carbocycles. The smallest absolute Gasteiger partial charge is 0.432 e. The van der Waals surface area contributed by atoms with Crippen LogP contribution in [0.4, 0.5) is 15.3 Å². The summed E-state index contributed by atoms with van der Waals surface area (Å²) in [4.78, 5) is 36.7. The third kappa shape index (κ3) is 4.07. The Hall–Kier alpha value is -3.37. The number of nitro groups is 1. The molecule has 0 saturated carbocycles. The lowest BCUT2D eigenvalue weighted by atomic mass is 10.1. The van der Waals surface area contributed by atoms with E-state index in [2.05, 4.69) is 5.10 Å². The number of nitrogens with zero attached hydrogens (tertiary/aromatic N) is 4. The number of carbonyl (C=O) groups excluding carboxylic acids is 2. The lowest BCUT2D eigenvalue weighted by Gasteiger charge is -2.27. The maximum atomic E-state index is 12.5. The SMILES string of the molecule is CCOC(=O)N1N=C(OCC)N(C(=O)OCC)C1c1ccccc1[N+](=O)[O-]. The number of ether oxygens (including phenoxy) is 3. The molecule has 146 valence electrons. The summed E-state index contributed by atoms with van der Waals surface area (Å²) < 4.78 is 15.3. The Morgan fingerprint density at radius 3 is 2.33 bits per heavy atom. The third-order valence-corrected chi connectivity index (χ3v) is 3.48. The van der Waals surface area contributed by atoms with Gasteiger partial charge in [0, 0.05) is 6.07 Å². The molecule has 0 saturated heterocycles. The molecule has 1 aliphatic heterocycles. The number of carbonyl (C=O) groups is 2. The molecule has 0 aromatic heterocycles. The first-order valence-electron chi connectivity index (χ1n) is 8.32. The lowest BCUT2D eigenvalue weighted by molar-refractivity contribution is -0.386. The van der Waals surface area contributed by atoms with Gasteiger partial charge in [-0.3, -0.25) is 10.1 Å². The van der Waals surface area contributed by atoms with Crippen molar-refractivity contribution in [3.05, 3.63) is 39.9 Å². The predicted octanol–water partition coefficient (Wildman–Crippen LogP) is 2.83. The molecule has 1 aromatic rings. The highest BCUT2D eigenvalue weighted by molar-refractivity contribution is 5.94. The summed E-state index contributed by atoms with van der Waals surface area (Å²) in [6.07, 6.45) is -3.03. The Labute approximate surface area is 155 Å². The van der Waals surface area contributed by atoms with Gasteiger partial charge >= 0.3 is 18.2 Å². The van der Waals surface area contributed by atoms with Crippen molar-refractivity contribution in [2.45, 2.75) is 26.9 Å². The zero-order valence-corrected chi connectivity index (χ0v) is 15.2. The number of hydrazone groups is 1. The van der Waals surface area contributed by atoms with Crippen LogP contribution in [0.1, 0.15) is 32.5 Å². The van der Waals surface area contributed by atoms with E-state index in [1.165, 1.54) is 18.2 Å². The molecule has 0 spiro atoms. The van der Waals surface area contributed by atoms with Gasteiger partial charge in [-0.15, -0.1) is 5.10 Å². The standard InChI is InChI=1S/C16H20N4O7/c1-4-25-14-17-19(16(22)27-6-3)13(18(14)15(21)26-5-2)11-9-7-8-10-12(11)20(23)24/h7-10,13H,4-6H2,1-3H3. The van der Waals surface area contributed by atoms with Crippen molar-refractivity contribution in [2.24, 2.45) is 5.10 Å². The van der Waals surface area contributed by atoms with Gasteiger partial charge in [0.25, 0.3) is 5.69 Å². The molecule has 2 amide bonds. The Balaban J connectivity index is 2.60. The van der Waals surface area contributed by atoms with Crippen LogP contribution >= 0.6 is 0 Å². The van der Waals surface area contributed by atoms with Crippen LogP contribution in [0.3, 0.4) is 0 Å². The summed E-state index contributed by atoms with van der Waals surface area (Å²) in [6, 6.07) is 5.50. The van der Waals surface area contributed by atoms with Crippen LogP contribution in [-0.4, -0.2) is 52.9 Å². The van der Waals surface area contributed by atoms with Crippen molar-refractivity contribution in [1.29, 1.82) is 0 Å². The van der Waals surface area contributed by atoms with Crippen molar-refractivity contribution in [2.75, 3.05) is 19.8 Å². The highest BCUT2D eigenvalue weighted by Crippen LogP contribution is 2.37. The van der Waals surface area contributed by atoms with E-state index in [1.807, 2.05) is 0 Å². The fourth-order valence-electron chi connectivity index (χ4n) is 2.48. The van der Waals surface area contributed by atoms with Gasteiger partial charge in [-0.05, 0) is 26.8 Å². The maximum Gasteiger partial charge on any atom is 0.432 e. The fraction of sp³-hybridized carbons (Fsp3) is 0.438. The van der Waals surface area contributed by atoms with Crippen molar-refractivity contribution in [3.8, 4) is 0 Å². The topological polar surface area (TPSA) is 124 Å². The lowest BCUT2D eigenvalue weighted by Crippen LogP contribution is -2.42. The van der Waals surface area contributed by atoms with Gasteiger partial charge in [-0.1, -0.05) is 12.1 Å². The van der Waals surface area contributed by atoms with Crippen LogP contribution in [0.5, 0.6) is 0 Å². The van der Waals surface area contributed by atoms with Crippen LogP contribution in [0.25, 0.3) is 0 Å². The number of para-hydroxylation sites is 1.